The van der Waals surface area contributed by atoms with Gasteiger partial charge in [0.2, 0.25) is 5.91 Å². The Balaban J connectivity index is 1.45. The molecule has 1 N–H and O–H groups in total. The summed E-state index contributed by atoms with van der Waals surface area (Å²) < 4.78 is 0. The smallest absolute Gasteiger partial charge is 0.225 e. The molecule has 3 heteroatoms. The Bertz CT molecular complexity index is 324. The number of unbranched alkanes of at least 4 members (excludes halogenated alkanes) is 1. The minimum atomic E-state index is 0.340. The molecular weight excluding hydrogens is 248 g/mol. The Morgan fingerprint density at radius 2 is 1.95 bits per heavy atom. The molecule has 20 heavy (non-hydrogen) atoms. The molecule has 1 amide bonds. The Kier molecular flexibility index (Phi) is 4.65. The van der Waals surface area contributed by atoms with Crippen LogP contribution in [-0.2, 0) is 4.79 Å². The Morgan fingerprint density at radius 1 is 1.15 bits per heavy atom. The van der Waals surface area contributed by atoms with Gasteiger partial charge in [-0.1, -0.05) is 26.2 Å². The van der Waals surface area contributed by atoms with Crippen molar-refractivity contribution in [3.63, 3.8) is 0 Å². The molecule has 0 spiro atoms. The van der Waals surface area contributed by atoms with Crippen LogP contribution < -0.4 is 5.32 Å². The topological polar surface area (TPSA) is 32.3 Å². The summed E-state index contributed by atoms with van der Waals surface area (Å²) in [7, 11) is 0. The van der Waals surface area contributed by atoms with Gasteiger partial charge in [-0.05, 0) is 50.5 Å². The molecule has 114 valence electrons. The van der Waals surface area contributed by atoms with Crippen molar-refractivity contribution in [3.05, 3.63) is 0 Å². The van der Waals surface area contributed by atoms with E-state index in [0.29, 0.717) is 17.9 Å². The summed E-state index contributed by atoms with van der Waals surface area (Å²) in [5, 5.41) is 3.54. The van der Waals surface area contributed by atoms with E-state index in [1.54, 1.807) is 0 Å². The van der Waals surface area contributed by atoms with Crippen LogP contribution in [0.1, 0.15) is 58.3 Å². The van der Waals surface area contributed by atoms with Crippen LogP contribution in [0, 0.1) is 17.8 Å². The first-order chi connectivity index (χ1) is 9.78. The van der Waals surface area contributed by atoms with Crippen LogP contribution in [0.15, 0.2) is 0 Å². The Labute approximate surface area is 123 Å². The number of amides is 1. The van der Waals surface area contributed by atoms with Gasteiger partial charge in [-0.25, -0.2) is 0 Å². The predicted octanol–water partition coefficient (Wildman–Crippen LogP) is 2.80. The van der Waals surface area contributed by atoms with E-state index in [2.05, 4.69) is 17.1 Å². The third-order valence-electron chi connectivity index (χ3n) is 5.84. The lowest BCUT2D eigenvalue weighted by Crippen LogP contribution is -2.38. The number of hydrogen-bond donors (Lipinski definition) is 1. The zero-order valence-corrected chi connectivity index (χ0v) is 12.9. The van der Waals surface area contributed by atoms with Crippen LogP contribution in [0.2, 0.25) is 0 Å². The summed E-state index contributed by atoms with van der Waals surface area (Å²) in [5.74, 6) is 2.44. The van der Waals surface area contributed by atoms with Crippen LogP contribution in [0.4, 0.5) is 0 Å². The quantitative estimate of drug-likeness (QED) is 0.857. The van der Waals surface area contributed by atoms with Gasteiger partial charge in [0.15, 0.2) is 0 Å². The molecule has 0 unspecified atom stereocenters. The molecule has 2 heterocycles. The largest absolute Gasteiger partial charge is 0.341 e. The van der Waals surface area contributed by atoms with Crippen LogP contribution in [0.25, 0.3) is 0 Å². The second kappa shape index (κ2) is 6.46. The second-order valence-electron chi connectivity index (χ2n) is 7.21. The molecule has 3 nitrogen and oxygen atoms in total. The molecule has 1 saturated carbocycles. The molecule has 3 rings (SSSR count). The van der Waals surface area contributed by atoms with Gasteiger partial charge in [0.25, 0.3) is 0 Å². The minimum Gasteiger partial charge on any atom is -0.341 e. The summed E-state index contributed by atoms with van der Waals surface area (Å²) in [6.45, 7) is 5.42. The van der Waals surface area contributed by atoms with E-state index in [4.69, 9.17) is 0 Å². The molecule has 1 aliphatic carbocycles. The van der Waals surface area contributed by atoms with Gasteiger partial charge in [0, 0.05) is 25.0 Å². The van der Waals surface area contributed by atoms with Crippen molar-refractivity contribution >= 4 is 5.91 Å². The van der Waals surface area contributed by atoms with E-state index in [1.165, 1.54) is 38.5 Å². The molecule has 3 fully saturated rings. The van der Waals surface area contributed by atoms with Gasteiger partial charge >= 0.3 is 0 Å². The van der Waals surface area contributed by atoms with E-state index < -0.39 is 0 Å². The third kappa shape index (κ3) is 3.03. The van der Waals surface area contributed by atoms with E-state index in [9.17, 15) is 4.79 Å². The number of fused-ring (bicyclic) bond motifs is 1. The maximum Gasteiger partial charge on any atom is 0.225 e. The molecule has 0 aromatic heterocycles. The zero-order valence-electron chi connectivity index (χ0n) is 12.9. The molecular formula is C17H30N2O. The van der Waals surface area contributed by atoms with Gasteiger partial charge in [-0.15, -0.1) is 0 Å². The highest BCUT2D eigenvalue weighted by Gasteiger charge is 2.40. The van der Waals surface area contributed by atoms with E-state index in [0.717, 1.165) is 44.3 Å². The monoisotopic (exact) mass is 278 g/mol. The fraction of sp³-hybridized carbons (Fsp3) is 0.941. The lowest BCUT2D eigenvalue weighted by Gasteiger charge is -2.30. The first-order valence-corrected chi connectivity index (χ1v) is 8.80. The standard InChI is InChI=1S/C17H30N2O/c1-2-3-4-13-5-7-14(8-6-13)17(20)19-11-15-9-10-18-16(15)12-19/h13-16,18H,2-12H2,1H3/t13?,14?,15-,16+/m0/s1. The molecule has 0 aromatic carbocycles. The first kappa shape index (κ1) is 14.4. The van der Waals surface area contributed by atoms with E-state index >= 15 is 0 Å². The molecule has 2 atom stereocenters. The van der Waals surface area contributed by atoms with Gasteiger partial charge in [-0.2, -0.15) is 0 Å². The van der Waals surface area contributed by atoms with Crippen LogP contribution >= 0.6 is 0 Å². The number of hydrogen-bond acceptors (Lipinski definition) is 2. The normalized spacial score (nSPS) is 37.1. The maximum atomic E-state index is 12.7. The maximum absolute atomic E-state index is 12.7. The lowest BCUT2D eigenvalue weighted by atomic mass is 9.79. The first-order valence-electron chi connectivity index (χ1n) is 8.80. The molecule has 2 saturated heterocycles. The van der Waals surface area contributed by atoms with Gasteiger partial charge < -0.3 is 10.2 Å². The molecule has 0 radical (unpaired) electrons. The third-order valence-corrected chi connectivity index (χ3v) is 5.84. The average molecular weight is 278 g/mol. The number of likely N-dealkylation sites (tertiary alicyclic amines) is 1. The number of carbonyl (C=O) groups is 1. The lowest BCUT2D eigenvalue weighted by molar-refractivity contribution is -0.136. The van der Waals surface area contributed by atoms with Crippen molar-refractivity contribution in [2.75, 3.05) is 19.6 Å². The van der Waals surface area contributed by atoms with Gasteiger partial charge in [0.05, 0.1) is 0 Å². The highest BCUT2D eigenvalue weighted by molar-refractivity contribution is 5.79. The molecule has 3 aliphatic rings. The number of nitrogens with one attached hydrogen (secondary N) is 1. The van der Waals surface area contributed by atoms with E-state index in [1.807, 2.05) is 0 Å². The summed E-state index contributed by atoms with van der Waals surface area (Å²) in [5.41, 5.74) is 0. The number of rotatable bonds is 4. The average Bonchev–Trinajstić information content (AvgIpc) is 3.06. The van der Waals surface area contributed by atoms with Gasteiger partial charge in [0.1, 0.15) is 0 Å². The second-order valence-corrected chi connectivity index (χ2v) is 7.21. The number of nitrogens with zero attached hydrogens (tertiary/aromatic N) is 1. The fourth-order valence-electron chi connectivity index (χ4n) is 4.48. The molecule has 0 aromatic rings. The minimum absolute atomic E-state index is 0.340. The number of carbonyl (C=O) groups excluding carboxylic acids is 1. The zero-order chi connectivity index (χ0) is 13.9. The van der Waals surface area contributed by atoms with Crippen LogP contribution in [0.3, 0.4) is 0 Å². The Hall–Kier alpha value is -0.570. The van der Waals surface area contributed by atoms with Crippen molar-refractivity contribution in [1.82, 2.24) is 10.2 Å². The fourth-order valence-corrected chi connectivity index (χ4v) is 4.48. The SMILES string of the molecule is CCCCC1CCC(C(=O)N2C[C@@H]3CCN[C@@H]3C2)CC1. The van der Waals surface area contributed by atoms with E-state index in [-0.39, 0.29) is 0 Å². The molecule has 2 aliphatic heterocycles. The van der Waals surface area contributed by atoms with Crippen molar-refractivity contribution < 1.29 is 4.79 Å². The van der Waals surface area contributed by atoms with Crippen molar-refractivity contribution in [3.8, 4) is 0 Å². The van der Waals surface area contributed by atoms with Crippen molar-refractivity contribution in [2.45, 2.75) is 64.3 Å². The summed E-state index contributed by atoms with van der Waals surface area (Å²) in [6.07, 6.45) is 10.2. The van der Waals surface area contributed by atoms with Crippen LogP contribution in [0.5, 0.6) is 0 Å². The van der Waals surface area contributed by atoms with Gasteiger partial charge in [-0.3, -0.25) is 4.79 Å². The Morgan fingerprint density at radius 3 is 2.65 bits per heavy atom. The highest BCUT2D eigenvalue weighted by atomic mass is 16.2. The summed E-state index contributed by atoms with van der Waals surface area (Å²) in [6, 6.07) is 0.597. The summed E-state index contributed by atoms with van der Waals surface area (Å²) >= 11 is 0. The van der Waals surface area contributed by atoms with Crippen molar-refractivity contribution in [2.24, 2.45) is 17.8 Å². The predicted molar refractivity (Wildman–Crippen MR) is 81.5 cm³/mol. The summed E-state index contributed by atoms with van der Waals surface area (Å²) in [4.78, 5) is 14.8. The highest BCUT2D eigenvalue weighted by Crippen LogP contribution is 2.34. The molecule has 0 bridgehead atoms. The van der Waals surface area contributed by atoms with Crippen molar-refractivity contribution in [1.29, 1.82) is 0 Å². The van der Waals surface area contributed by atoms with Crippen LogP contribution in [-0.4, -0.2) is 36.5 Å².